The third kappa shape index (κ3) is 4.51. The zero-order valence-electron chi connectivity index (χ0n) is 12.3. The van der Waals surface area contributed by atoms with Crippen molar-refractivity contribution in [2.75, 3.05) is 13.7 Å². The highest BCUT2D eigenvalue weighted by molar-refractivity contribution is 9.10. The van der Waals surface area contributed by atoms with Crippen molar-refractivity contribution in [2.45, 2.75) is 25.8 Å². The number of nitrogens with one attached hydrogen (secondary N) is 1. The fourth-order valence-corrected chi connectivity index (χ4v) is 2.79. The van der Waals surface area contributed by atoms with Gasteiger partial charge in [0.2, 0.25) is 0 Å². The van der Waals surface area contributed by atoms with Crippen molar-refractivity contribution >= 4 is 15.9 Å². The average Bonchev–Trinajstić information content (AvgIpc) is 2.52. The Morgan fingerprint density at radius 1 is 1.29 bits per heavy atom. The summed E-state index contributed by atoms with van der Waals surface area (Å²) in [4.78, 5) is 0. The van der Waals surface area contributed by atoms with E-state index in [2.05, 4.69) is 50.5 Å². The van der Waals surface area contributed by atoms with Crippen LogP contribution in [-0.4, -0.2) is 23.9 Å². The Morgan fingerprint density at radius 3 is 2.76 bits per heavy atom. The summed E-state index contributed by atoms with van der Waals surface area (Å²) in [5, 5.41) is 11.4. The Labute approximate surface area is 134 Å². The zero-order chi connectivity index (χ0) is 15.1. The summed E-state index contributed by atoms with van der Waals surface area (Å²) < 4.78 is 6.25. The van der Waals surface area contributed by atoms with Crippen LogP contribution in [0.4, 0.5) is 0 Å². The first-order valence-corrected chi connectivity index (χ1v) is 7.86. The Balaban J connectivity index is 2.16. The highest BCUT2D eigenvalue weighted by atomic mass is 79.9. The summed E-state index contributed by atoms with van der Waals surface area (Å²) in [6, 6.07) is 8.44. The molecule has 0 aliphatic rings. The number of aromatic nitrogens is 2. The number of hydrogen-bond acceptors (Lipinski definition) is 4. The highest BCUT2D eigenvalue weighted by Gasteiger charge is 2.13. The standard InChI is InChI=1S/C16H20BrN3O/c1-3-7-18-15(13-6-8-19-20-11-13)10-12-4-5-16(21-2)14(17)9-12/h4-6,8-9,11,15,18H,3,7,10H2,1-2H3. The molecule has 5 heteroatoms. The molecule has 0 fully saturated rings. The summed E-state index contributed by atoms with van der Waals surface area (Å²) in [6.45, 7) is 3.14. The molecule has 2 aromatic rings. The van der Waals surface area contributed by atoms with E-state index in [0.29, 0.717) is 0 Å². The first-order chi connectivity index (χ1) is 10.2. The molecule has 0 aliphatic carbocycles. The zero-order valence-corrected chi connectivity index (χ0v) is 13.9. The molecule has 0 saturated carbocycles. The van der Waals surface area contributed by atoms with Crippen LogP contribution in [0.5, 0.6) is 5.75 Å². The maximum Gasteiger partial charge on any atom is 0.133 e. The number of ether oxygens (including phenoxy) is 1. The van der Waals surface area contributed by atoms with Gasteiger partial charge in [-0.05, 0) is 64.6 Å². The van der Waals surface area contributed by atoms with Crippen molar-refractivity contribution in [3.05, 3.63) is 52.3 Å². The van der Waals surface area contributed by atoms with Gasteiger partial charge < -0.3 is 10.1 Å². The van der Waals surface area contributed by atoms with Crippen LogP contribution in [0.25, 0.3) is 0 Å². The number of benzene rings is 1. The quantitative estimate of drug-likeness (QED) is 0.830. The number of nitrogens with zero attached hydrogens (tertiary/aromatic N) is 2. The SMILES string of the molecule is CCCNC(Cc1ccc(OC)c(Br)c1)c1ccnnc1. The predicted octanol–water partition coefficient (Wildman–Crippen LogP) is 3.53. The van der Waals surface area contributed by atoms with Crippen LogP contribution in [0.3, 0.4) is 0 Å². The highest BCUT2D eigenvalue weighted by Crippen LogP contribution is 2.27. The molecule has 1 N–H and O–H groups in total. The van der Waals surface area contributed by atoms with E-state index in [1.165, 1.54) is 5.56 Å². The fourth-order valence-electron chi connectivity index (χ4n) is 2.21. The van der Waals surface area contributed by atoms with Crippen molar-refractivity contribution in [3.8, 4) is 5.75 Å². The van der Waals surface area contributed by atoms with E-state index in [1.54, 1.807) is 13.3 Å². The lowest BCUT2D eigenvalue weighted by atomic mass is 10.0. The summed E-state index contributed by atoms with van der Waals surface area (Å²) in [6.07, 6.45) is 5.56. The summed E-state index contributed by atoms with van der Waals surface area (Å²) in [5.74, 6) is 0.849. The molecule has 1 aromatic heterocycles. The summed E-state index contributed by atoms with van der Waals surface area (Å²) in [5.41, 5.74) is 2.40. The van der Waals surface area contributed by atoms with Gasteiger partial charge >= 0.3 is 0 Å². The average molecular weight is 350 g/mol. The van der Waals surface area contributed by atoms with Crippen LogP contribution in [0.1, 0.15) is 30.5 Å². The lowest BCUT2D eigenvalue weighted by molar-refractivity contribution is 0.412. The molecule has 0 spiro atoms. The van der Waals surface area contributed by atoms with Gasteiger partial charge in [-0.25, -0.2) is 0 Å². The van der Waals surface area contributed by atoms with Crippen molar-refractivity contribution < 1.29 is 4.74 Å². The molecular formula is C16H20BrN3O. The van der Waals surface area contributed by atoms with Crippen LogP contribution in [0, 0.1) is 0 Å². The summed E-state index contributed by atoms with van der Waals surface area (Å²) in [7, 11) is 1.67. The van der Waals surface area contributed by atoms with E-state index in [9.17, 15) is 0 Å². The number of halogens is 1. The number of hydrogen-bond donors (Lipinski definition) is 1. The van der Waals surface area contributed by atoms with Gasteiger partial charge in [-0.2, -0.15) is 10.2 Å². The summed E-state index contributed by atoms with van der Waals surface area (Å²) >= 11 is 3.54. The minimum absolute atomic E-state index is 0.237. The minimum Gasteiger partial charge on any atom is -0.496 e. The topological polar surface area (TPSA) is 47.0 Å². The Kier molecular flexibility index (Phi) is 6.14. The Bertz CT molecular complexity index is 563. The van der Waals surface area contributed by atoms with Gasteiger partial charge in [-0.3, -0.25) is 0 Å². The lowest BCUT2D eigenvalue weighted by Crippen LogP contribution is -2.24. The molecular weight excluding hydrogens is 330 g/mol. The van der Waals surface area contributed by atoms with E-state index in [4.69, 9.17) is 4.74 Å². The first-order valence-electron chi connectivity index (χ1n) is 7.07. The van der Waals surface area contributed by atoms with E-state index in [-0.39, 0.29) is 6.04 Å². The molecule has 112 valence electrons. The largest absolute Gasteiger partial charge is 0.496 e. The molecule has 0 amide bonds. The van der Waals surface area contributed by atoms with Crippen molar-refractivity contribution in [2.24, 2.45) is 0 Å². The van der Waals surface area contributed by atoms with Gasteiger partial charge in [0.05, 0.1) is 17.8 Å². The van der Waals surface area contributed by atoms with Gasteiger partial charge in [0.15, 0.2) is 0 Å². The maximum absolute atomic E-state index is 5.27. The number of rotatable bonds is 7. The van der Waals surface area contributed by atoms with Crippen LogP contribution in [0.2, 0.25) is 0 Å². The molecule has 0 saturated heterocycles. The van der Waals surface area contributed by atoms with Gasteiger partial charge in [0.25, 0.3) is 0 Å². The van der Waals surface area contributed by atoms with Crippen LogP contribution in [-0.2, 0) is 6.42 Å². The molecule has 1 atom stereocenters. The third-order valence-corrected chi connectivity index (χ3v) is 3.93. The second-order valence-electron chi connectivity index (χ2n) is 4.86. The minimum atomic E-state index is 0.237. The van der Waals surface area contributed by atoms with Gasteiger partial charge in [0.1, 0.15) is 5.75 Å². The molecule has 1 aromatic carbocycles. The smallest absolute Gasteiger partial charge is 0.133 e. The van der Waals surface area contributed by atoms with Crippen molar-refractivity contribution in [1.29, 1.82) is 0 Å². The van der Waals surface area contributed by atoms with Crippen LogP contribution < -0.4 is 10.1 Å². The molecule has 21 heavy (non-hydrogen) atoms. The van der Waals surface area contributed by atoms with E-state index in [1.807, 2.05) is 18.3 Å². The van der Waals surface area contributed by atoms with E-state index < -0.39 is 0 Å². The fraction of sp³-hybridized carbons (Fsp3) is 0.375. The lowest BCUT2D eigenvalue weighted by Gasteiger charge is -2.19. The van der Waals surface area contributed by atoms with Gasteiger partial charge in [-0.15, -0.1) is 0 Å². The molecule has 0 bridgehead atoms. The van der Waals surface area contributed by atoms with Crippen LogP contribution in [0.15, 0.2) is 41.1 Å². The Morgan fingerprint density at radius 2 is 2.14 bits per heavy atom. The Hall–Kier alpha value is -1.46. The van der Waals surface area contributed by atoms with Crippen molar-refractivity contribution in [1.82, 2.24) is 15.5 Å². The first kappa shape index (κ1) is 15.9. The number of methoxy groups -OCH3 is 1. The molecule has 2 rings (SSSR count). The second-order valence-corrected chi connectivity index (χ2v) is 5.71. The molecule has 4 nitrogen and oxygen atoms in total. The molecule has 0 radical (unpaired) electrons. The predicted molar refractivity (Wildman–Crippen MR) is 87.5 cm³/mol. The maximum atomic E-state index is 5.27. The third-order valence-electron chi connectivity index (χ3n) is 3.31. The van der Waals surface area contributed by atoms with Crippen molar-refractivity contribution in [3.63, 3.8) is 0 Å². The molecule has 1 unspecified atom stereocenters. The van der Waals surface area contributed by atoms with Gasteiger partial charge in [0, 0.05) is 12.2 Å². The molecule has 1 heterocycles. The monoisotopic (exact) mass is 349 g/mol. The normalized spacial score (nSPS) is 12.1. The second kappa shape index (κ2) is 8.10. The molecule has 0 aliphatic heterocycles. The van der Waals surface area contributed by atoms with E-state index in [0.717, 1.165) is 35.2 Å². The van der Waals surface area contributed by atoms with E-state index >= 15 is 0 Å². The van der Waals surface area contributed by atoms with Crippen LogP contribution >= 0.6 is 15.9 Å². The van der Waals surface area contributed by atoms with Gasteiger partial charge in [-0.1, -0.05) is 13.0 Å².